The Labute approximate surface area is 103 Å². The summed E-state index contributed by atoms with van der Waals surface area (Å²) >= 11 is 1.88. The Morgan fingerprint density at radius 3 is 2.62 bits per heavy atom. The molecule has 1 aromatic rings. The maximum Gasteiger partial charge on any atom is 0.123 e. The van der Waals surface area contributed by atoms with E-state index in [4.69, 9.17) is 10.5 Å². The van der Waals surface area contributed by atoms with Crippen molar-refractivity contribution in [1.82, 2.24) is 0 Å². The van der Waals surface area contributed by atoms with Crippen molar-refractivity contribution >= 4 is 11.8 Å². The van der Waals surface area contributed by atoms with Gasteiger partial charge >= 0.3 is 0 Å². The fourth-order valence-corrected chi connectivity index (χ4v) is 2.30. The Hall–Kier alpha value is -0.670. The zero-order chi connectivity index (χ0) is 12.1. The third-order valence-electron chi connectivity index (χ3n) is 2.39. The molecule has 0 fully saturated rings. The van der Waals surface area contributed by atoms with Crippen LogP contribution in [0.3, 0.4) is 0 Å². The highest BCUT2D eigenvalue weighted by Gasteiger charge is 2.12. The van der Waals surface area contributed by atoms with E-state index in [1.54, 1.807) is 7.11 Å². The van der Waals surface area contributed by atoms with E-state index in [9.17, 15) is 0 Å². The van der Waals surface area contributed by atoms with Gasteiger partial charge in [-0.25, -0.2) is 0 Å². The van der Waals surface area contributed by atoms with E-state index >= 15 is 0 Å². The minimum Gasteiger partial charge on any atom is -0.496 e. The largest absolute Gasteiger partial charge is 0.496 e. The number of thioether (sulfide) groups is 1. The average Bonchev–Trinajstić information content (AvgIpc) is 2.25. The normalized spacial score (nSPS) is 12.9. The van der Waals surface area contributed by atoms with Crippen molar-refractivity contribution in [2.45, 2.75) is 32.1 Å². The molecule has 1 unspecified atom stereocenters. The second-order valence-corrected chi connectivity index (χ2v) is 5.84. The lowest BCUT2D eigenvalue weighted by atomic mass is 10.1. The molecule has 0 bridgehead atoms. The number of benzene rings is 1. The van der Waals surface area contributed by atoms with Crippen molar-refractivity contribution in [2.75, 3.05) is 12.9 Å². The van der Waals surface area contributed by atoms with Gasteiger partial charge in [-0.3, -0.25) is 0 Å². The molecule has 1 atom stereocenters. The van der Waals surface area contributed by atoms with Gasteiger partial charge in [0.2, 0.25) is 0 Å². The number of aryl methyl sites for hydroxylation is 1. The molecule has 0 aromatic heterocycles. The maximum absolute atomic E-state index is 6.19. The predicted octanol–water partition coefficient (Wildman–Crippen LogP) is 3.15. The third-order valence-corrected chi connectivity index (χ3v) is 3.61. The van der Waals surface area contributed by atoms with Crippen LogP contribution in [0, 0.1) is 6.92 Å². The number of hydrogen-bond acceptors (Lipinski definition) is 3. The molecule has 0 saturated carbocycles. The van der Waals surface area contributed by atoms with Crippen molar-refractivity contribution < 1.29 is 4.74 Å². The minimum absolute atomic E-state index is 0.0437. The van der Waals surface area contributed by atoms with Gasteiger partial charge in [0.1, 0.15) is 5.75 Å². The molecule has 3 heteroatoms. The Morgan fingerprint density at radius 1 is 1.38 bits per heavy atom. The molecule has 2 nitrogen and oxygen atoms in total. The summed E-state index contributed by atoms with van der Waals surface area (Å²) in [6.07, 6.45) is 0. The summed E-state index contributed by atoms with van der Waals surface area (Å²) in [7, 11) is 1.69. The van der Waals surface area contributed by atoms with Crippen LogP contribution < -0.4 is 10.5 Å². The Bertz CT molecular complexity index is 339. The lowest BCUT2D eigenvalue weighted by Gasteiger charge is -2.17. The van der Waals surface area contributed by atoms with Gasteiger partial charge in [0.05, 0.1) is 7.11 Å². The quantitative estimate of drug-likeness (QED) is 0.857. The fourth-order valence-electron chi connectivity index (χ4n) is 1.53. The highest BCUT2D eigenvalue weighted by atomic mass is 32.2. The molecule has 16 heavy (non-hydrogen) atoms. The third kappa shape index (κ3) is 3.72. The number of rotatable bonds is 5. The lowest BCUT2D eigenvalue weighted by molar-refractivity contribution is 0.407. The molecule has 0 heterocycles. The maximum atomic E-state index is 6.19. The zero-order valence-corrected chi connectivity index (χ0v) is 11.3. The van der Waals surface area contributed by atoms with Crippen LogP contribution in [0.1, 0.15) is 31.0 Å². The molecule has 1 rings (SSSR count). The van der Waals surface area contributed by atoms with Crippen LogP contribution in [0.5, 0.6) is 5.75 Å². The summed E-state index contributed by atoms with van der Waals surface area (Å²) < 4.78 is 5.34. The van der Waals surface area contributed by atoms with Gasteiger partial charge < -0.3 is 10.5 Å². The molecular formula is C13H21NOS. The topological polar surface area (TPSA) is 35.2 Å². The van der Waals surface area contributed by atoms with Crippen LogP contribution >= 0.6 is 11.8 Å². The first-order chi connectivity index (χ1) is 7.54. The Kier molecular flexibility index (Phi) is 5.16. The van der Waals surface area contributed by atoms with Gasteiger partial charge in [0.15, 0.2) is 0 Å². The van der Waals surface area contributed by atoms with E-state index < -0.39 is 0 Å². The van der Waals surface area contributed by atoms with E-state index in [0.29, 0.717) is 5.25 Å². The summed E-state index contributed by atoms with van der Waals surface area (Å²) in [5.41, 5.74) is 8.52. The van der Waals surface area contributed by atoms with E-state index in [1.165, 1.54) is 5.56 Å². The summed E-state index contributed by atoms with van der Waals surface area (Å²) in [6, 6.07) is 6.20. The molecule has 1 aromatic carbocycles. The molecule has 0 spiro atoms. The van der Waals surface area contributed by atoms with E-state index in [0.717, 1.165) is 17.1 Å². The van der Waals surface area contributed by atoms with E-state index in [2.05, 4.69) is 26.8 Å². The summed E-state index contributed by atoms with van der Waals surface area (Å²) in [5.74, 6) is 1.82. The smallest absolute Gasteiger partial charge is 0.123 e. The minimum atomic E-state index is 0.0437. The molecule has 90 valence electrons. The summed E-state index contributed by atoms with van der Waals surface area (Å²) in [5, 5.41) is 0.613. The summed E-state index contributed by atoms with van der Waals surface area (Å²) in [4.78, 5) is 0. The molecule has 2 N–H and O–H groups in total. The van der Waals surface area contributed by atoms with E-state index in [1.807, 2.05) is 23.9 Å². The second-order valence-electron chi connectivity index (χ2n) is 4.23. The van der Waals surface area contributed by atoms with Crippen molar-refractivity contribution in [1.29, 1.82) is 0 Å². The summed E-state index contributed by atoms with van der Waals surface area (Å²) in [6.45, 7) is 6.45. The number of ether oxygens (including phenoxy) is 1. The van der Waals surface area contributed by atoms with Crippen molar-refractivity contribution in [3.8, 4) is 5.75 Å². The van der Waals surface area contributed by atoms with E-state index in [-0.39, 0.29) is 6.04 Å². The molecule has 0 amide bonds. The fraction of sp³-hybridized carbons (Fsp3) is 0.538. The Balaban J connectivity index is 2.80. The van der Waals surface area contributed by atoms with Crippen LogP contribution in [-0.2, 0) is 0 Å². The van der Waals surface area contributed by atoms with Crippen LogP contribution in [0.4, 0.5) is 0 Å². The first-order valence-electron chi connectivity index (χ1n) is 5.56. The molecule has 0 radical (unpaired) electrons. The zero-order valence-electron chi connectivity index (χ0n) is 10.5. The molecular weight excluding hydrogens is 218 g/mol. The lowest BCUT2D eigenvalue weighted by Crippen LogP contribution is -2.15. The number of nitrogens with two attached hydrogens (primary N) is 1. The highest BCUT2D eigenvalue weighted by Crippen LogP contribution is 2.27. The number of hydrogen-bond donors (Lipinski definition) is 1. The van der Waals surface area contributed by atoms with Crippen molar-refractivity contribution in [3.05, 3.63) is 29.3 Å². The van der Waals surface area contributed by atoms with Crippen molar-refractivity contribution in [3.63, 3.8) is 0 Å². The number of methoxy groups -OCH3 is 1. The van der Waals surface area contributed by atoms with Crippen LogP contribution in [0.25, 0.3) is 0 Å². The van der Waals surface area contributed by atoms with Gasteiger partial charge in [-0.2, -0.15) is 11.8 Å². The second kappa shape index (κ2) is 6.16. The van der Waals surface area contributed by atoms with Crippen molar-refractivity contribution in [2.24, 2.45) is 5.73 Å². The highest BCUT2D eigenvalue weighted by molar-refractivity contribution is 7.99. The van der Waals surface area contributed by atoms with Crippen LogP contribution in [0.15, 0.2) is 18.2 Å². The van der Waals surface area contributed by atoms with Gasteiger partial charge in [0.25, 0.3) is 0 Å². The van der Waals surface area contributed by atoms with Crippen LogP contribution in [0.2, 0.25) is 0 Å². The molecule has 0 aliphatic heterocycles. The average molecular weight is 239 g/mol. The van der Waals surface area contributed by atoms with Gasteiger partial charge in [0, 0.05) is 17.4 Å². The van der Waals surface area contributed by atoms with Crippen LogP contribution in [-0.4, -0.2) is 18.1 Å². The first-order valence-corrected chi connectivity index (χ1v) is 6.61. The van der Waals surface area contributed by atoms with Gasteiger partial charge in [-0.1, -0.05) is 31.5 Å². The SMILES string of the molecule is COc1ccc(C)cc1C(N)CSC(C)C. The van der Waals surface area contributed by atoms with Gasteiger partial charge in [-0.15, -0.1) is 0 Å². The molecule has 0 aliphatic rings. The standard InChI is InChI=1S/C13H21NOS/c1-9(2)16-8-12(14)11-7-10(3)5-6-13(11)15-4/h5-7,9,12H,8,14H2,1-4H3. The monoisotopic (exact) mass is 239 g/mol. The first kappa shape index (κ1) is 13.4. The van der Waals surface area contributed by atoms with Gasteiger partial charge in [-0.05, 0) is 18.2 Å². The molecule has 0 saturated heterocycles. The Morgan fingerprint density at radius 2 is 2.06 bits per heavy atom. The molecule has 0 aliphatic carbocycles. The predicted molar refractivity (Wildman–Crippen MR) is 72.3 cm³/mol.